The van der Waals surface area contributed by atoms with Gasteiger partial charge >= 0.3 is 0 Å². The van der Waals surface area contributed by atoms with Crippen molar-refractivity contribution in [3.05, 3.63) is 39.1 Å². The lowest BCUT2D eigenvalue weighted by atomic mass is 10.3. The first-order valence-electron chi connectivity index (χ1n) is 4.10. The fourth-order valence-electron chi connectivity index (χ4n) is 0.967. The zero-order valence-corrected chi connectivity index (χ0v) is 10.4. The molecule has 15 heavy (non-hydrogen) atoms. The van der Waals surface area contributed by atoms with Crippen LogP contribution in [0.4, 0.5) is 0 Å². The van der Waals surface area contributed by atoms with Crippen molar-refractivity contribution < 1.29 is 9.15 Å². The lowest BCUT2D eigenvalue weighted by Gasteiger charge is -2.02. The lowest BCUT2D eigenvalue weighted by Crippen LogP contribution is -1.95. The third kappa shape index (κ3) is 3.07. The molecule has 1 heterocycles. The van der Waals surface area contributed by atoms with Crippen molar-refractivity contribution in [2.75, 3.05) is 0 Å². The zero-order chi connectivity index (χ0) is 10.7. The monoisotopic (exact) mass is 336 g/mol. The van der Waals surface area contributed by atoms with Gasteiger partial charge < -0.3 is 9.15 Å². The normalized spacial score (nSPS) is 10.3. The summed E-state index contributed by atoms with van der Waals surface area (Å²) in [5, 5.41) is 8.16. The van der Waals surface area contributed by atoms with Crippen LogP contribution in [0.15, 0.2) is 28.7 Å². The van der Waals surface area contributed by atoms with E-state index >= 15 is 0 Å². The largest absolute Gasteiger partial charge is 0.484 e. The average Bonchev–Trinajstić information content (AvgIpc) is 2.64. The van der Waals surface area contributed by atoms with Gasteiger partial charge in [-0.15, -0.1) is 10.2 Å². The second-order valence-corrected chi connectivity index (χ2v) is 4.05. The number of ether oxygens (including phenoxy) is 1. The number of aromatic nitrogens is 2. The van der Waals surface area contributed by atoms with Crippen molar-refractivity contribution in [2.24, 2.45) is 0 Å². The third-order valence-corrected chi connectivity index (χ3v) is 2.31. The summed E-state index contributed by atoms with van der Waals surface area (Å²) in [5.74, 6) is 1.17. The van der Waals surface area contributed by atoms with Crippen LogP contribution in [-0.4, -0.2) is 10.2 Å². The zero-order valence-electron chi connectivity index (χ0n) is 7.48. The van der Waals surface area contributed by atoms with Crippen LogP contribution in [0.3, 0.4) is 0 Å². The first kappa shape index (κ1) is 10.7. The maximum absolute atomic E-state index is 5.73. The van der Waals surface area contributed by atoms with Gasteiger partial charge in [0.15, 0.2) is 6.61 Å². The Morgan fingerprint density at radius 1 is 1.27 bits per heavy atom. The fourth-order valence-corrected chi connectivity index (χ4v) is 1.46. The fraction of sp³-hybridized carbons (Fsp3) is 0.111. The van der Waals surface area contributed by atoms with Gasteiger partial charge in [0.2, 0.25) is 0 Å². The average molecular weight is 337 g/mol. The van der Waals surface area contributed by atoms with E-state index in [9.17, 15) is 0 Å². The summed E-state index contributed by atoms with van der Waals surface area (Å²) in [6, 6.07) is 7.08. The van der Waals surface area contributed by atoms with E-state index in [2.05, 4.69) is 10.2 Å². The molecule has 0 N–H and O–H groups in total. The summed E-state index contributed by atoms with van der Waals surface area (Å²) >= 11 is 7.68. The van der Waals surface area contributed by atoms with Gasteiger partial charge in [0, 0.05) is 27.6 Å². The first-order valence-corrected chi connectivity index (χ1v) is 5.56. The summed E-state index contributed by atoms with van der Waals surface area (Å²) in [6.07, 6.45) is 0. The summed E-state index contributed by atoms with van der Waals surface area (Å²) in [4.78, 5) is 0. The van der Waals surface area contributed by atoms with Crippen LogP contribution in [0.2, 0.25) is 5.02 Å². The molecule has 0 aliphatic rings. The number of hydrogen-bond donors (Lipinski definition) is 0. The van der Waals surface area contributed by atoms with E-state index in [-0.39, 0.29) is 6.61 Å². The smallest absolute Gasteiger partial charge is 0.278 e. The molecule has 6 heteroatoms. The van der Waals surface area contributed by atoms with Gasteiger partial charge in [-0.2, -0.15) is 0 Å². The van der Waals surface area contributed by atoms with Crippen LogP contribution in [0.1, 0.15) is 5.89 Å². The molecule has 2 aromatic rings. The minimum atomic E-state index is 0.262. The molecular weight excluding hydrogens is 330 g/mol. The van der Waals surface area contributed by atoms with Crippen molar-refractivity contribution in [3.63, 3.8) is 0 Å². The molecule has 0 saturated carbocycles. The number of rotatable bonds is 3. The van der Waals surface area contributed by atoms with Gasteiger partial charge in [0.25, 0.3) is 9.79 Å². The molecule has 1 aromatic heterocycles. The Morgan fingerprint density at radius 2 is 2.00 bits per heavy atom. The molecule has 0 bridgehead atoms. The number of nitrogens with zero attached hydrogens (tertiary/aromatic N) is 2. The second kappa shape index (κ2) is 4.80. The number of halogens is 2. The Balaban J connectivity index is 1.96. The Bertz CT molecular complexity index is 444. The molecule has 0 aliphatic carbocycles. The van der Waals surface area contributed by atoms with Gasteiger partial charge in [-0.1, -0.05) is 11.6 Å². The standard InChI is InChI=1S/C9H6ClIN2O2/c10-6-1-3-7(4-2-6)14-5-8-12-13-9(11)15-8/h1-4H,5H2. The molecule has 4 nitrogen and oxygen atoms in total. The van der Waals surface area contributed by atoms with Crippen molar-refractivity contribution in [1.29, 1.82) is 0 Å². The van der Waals surface area contributed by atoms with Gasteiger partial charge in [-0.3, -0.25) is 0 Å². The van der Waals surface area contributed by atoms with Gasteiger partial charge in [0.05, 0.1) is 0 Å². The van der Waals surface area contributed by atoms with E-state index < -0.39 is 0 Å². The molecule has 0 fully saturated rings. The highest BCUT2D eigenvalue weighted by Gasteiger charge is 2.03. The summed E-state index contributed by atoms with van der Waals surface area (Å²) < 4.78 is 11.0. The minimum Gasteiger partial charge on any atom is -0.484 e. The molecule has 1 aromatic carbocycles. The minimum absolute atomic E-state index is 0.262. The number of benzene rings is 1. The lowest BCUT2D eigenvalue weighted by molar-refractivity contribution is 0.260. The summed E-state index contributed by atoms with van der Waals surface area (Å²) in [6.45, 7) is 0.262. The van der Waals surface area contributed by atoms with E-state index in [1.165, 1.54) is 0 Å². The van der Waals surface area contributed by atoms with Crippen LogP contribution in [0.5, 0.6) is 5.75 Å². The molecule has 0 aliphatic heterocycles. The van der Waals surface area contributed by atoms with E-state index in [4.69, 9.17) is 20.8 Å². The predicted molar refractivity (Wildman–Crippen MR) is 62.8 cm³/mol. The molecule has 0 amide bonds. The van der Waals surface area contributed by atoms with Gasteiger partial charge in [0.1, 0.15) is 5.75 Å². The predicted octanol–water partition coefficient (Wildman–Crippen LogP) is 2.91. The van der Waals surface area contributed by atoms with Crippen molar-refractivity contribution >= 4 is 34.2 Å². The van der Waals surface area contributed by atoms with Gasteiger partial charge in [-0.25, -0.2) is 0 Å². The molecular formula is C9H6ClIN2O2. The van der Waals surface area contributed by atoms with E-state index in [0.29, 0.717) is 20.6 Å². The van der Waals surface area contributed by atoms with E-state index in [1.54, 1.807) is 24.3 Å². The Kier molecular flexibility index (Phi) is 3.42. The highest BCUT2D eigenvalue weighted by molar-refractivity contribution is 14.1. The highest BCUT2D eigenvalue weighted by atomic mass is 127. The Labute approximate surface area is 105 Å². The summed E-state index contributed by atoms with van der Waals surface area (Å²) in [5.41, 5.74) is 0. The molecule has 0 radical (unpaired) electrons. The molecule has 2 rings (SSSR count). The SMILES string of the molecule is Clc1ccc(OCc2nnc(I)o2)cc1. The maximum Gasteiger partial charge on any atom is 0.278 e. The Hall–Kier alpha value is -0.820. The molecule has 0 unspecified atom stereocenters. The second-order valence-electron chi connectivity index (χ2n) is 2.69. The van der Waals surface area contributed by atoms with Crippen molar-refractivity contribution in [2.45, 2.75) is 6.61 Å². The van der Waals surface area contributed by atoms with Crippen LogP contribution >= 0.6 is 34.2 Å². The van der Waals surface area contributed by atoms with Crippen molar-refractivity contribution in [3.8, 4) is 5.75 Å². The van der Waals surface area contributed by atoms with Gasteiger partial charge in [-0.05, 0) is 24.3 Å². The third-order valence-electron chi connectivity index (χ3n) is 1.62. The maximum atomic E-state index is 5.73. The van der Waals surface area contributed by atoms with Crippen LogP contribution in [0.25, 0.3) is 0 Å². The van der Waals surface area contributed by atoms with Crippen LogP contribution < -0.4 is 4.74 Å². The number of hydrogen-bond acceptors (Lipinski definition) is 4. The molecule has 0 saturated heterocycles. The molecule has 78 valence electrons. The van der Waals surface area contributed by atoms with E-state index in [1.807, 2.05) is 22.6 Å². The molecule has 0 spiro atoms. The Morgan fingerprint density at radius 3 is 2.60 bits per heavy atom. The van der Waals surface area contributed by atoms with Crippen LogP contribution in [-0.2, 0) is 6.61 Å². The summed E-state index contributed by atoms with van der Waals surface area (Å²) in [7, 11) is 0. The first-order chi connectivity index (χ1) is 7.24. The highest BCUT2D eigenvalue weighted by Crippen LogP contribution is 2.16. The van der Waals surface area contributed by atoms with Crippen molar-refractivity contribution in [1.82, 2.24) is 10.2 Å². The quantitative estimate of drug-likeness (QED) is 0.809. The topological polar surface area (TPSA) is 48.2 Å². The van der Waals surface area contributed by atoms with E-state index in [0.717, 1.165) is 0 Å². The van der Waals surface area contributed by atoms with Crippen LogP contribution in [0, 0.1) is 3.90 Å². The molecule has 0 atom stereocenters.